The second kappa shape index (κ2) is 5.24. The van der Waals surface area contributed by atoms with Crippen molar-refractivity contribution < 1.29 is 9.59 Å². The smallest absolute Gasteiger partial charge is 0.245 e. The molecule has 1 aliphatic heterocycles. The summed E-state index contributed by atoms with van der Waals surface area (Å²) in [6, 6.07) is 7.67. The monoisotopic (exact) mass is 285 g/mol. The Balaban J connectivity index is 1.83. The van der Waals surface area contributed by atoms with Gasteiger partial charge in [0.2, 0.25) is 11.8 Å². The summed E-state index contributed by atoms with van der Waals surface area (Å²) in [6.07, 6.45) is 0.822. The third kappa shape index (κ3) is 2.51. The molecule has 2 amide bonds. The lowest BCUT2D eigenvalue weighted by molar-refractivity contribution is -0.136. The van der Waals surface area contributed by atoms with Crippen molar-refractivity contribution in [3.8, 4) is 0 Å². The van der Waals surface area contributed by atoms with E-state index in [0.717, 1.165) is 11.9 Å². The van der Waals surface area contributed by atoms with Crippen molar-refractivity contribution in [2.45, 2.75) is 32.9 Å². The predicted molar refractivity (Wildman–Crippen MR) is 80.7 cm³/mol. The number of hydrogen-bond acceptors (Lipinski definition) is 2. The fourth-order valence-electron chi connectivity index (χ4n) is 3.00. The van der Waals surface area contributed by atoms with Gasteiger partial charge in [0.1, 0.15) is 6.04 Å². The largest absolute Gasteiger partial charge is 0.358 e. The number of H-pyrrole nitrogens is 1. The van der Waals surface area contributed by atoms with Crippen LogP contribution in [0, 0.1) is 0 Å². The van der Waals surface area contributed by atoms with Crippen molar-refractivity contribution >= 4 is 22.7 Å². The van der Waals surface area contributed by atoms with E-state index in [9.17, 15) is 9.59 Å². The molecule has 1 unspecified atom stereocenters. The van der Waals surface area contributed by atoms with E-state index in [2.05, 4.69) is 22.4 Å². The minimum absolute atomic E-state index is 0.0267. The van der Waals surface area contributed by atoms with Crippen LogP contribution < -0.4 is 5.32 Å². The third-order valence-electron chi connectivity index (χ3n) is 3.98. The maximum Gasteiger partial charge on any atom is 0.245 e. The van der Waals surface area contributed by atoms with E-state index in [1.165, 1.54) is 23.6 Å². The van der Waals surface area contributed by atoms with Gasteiger partial charge in [-0.15, -0.1) is 0 Å². The van der Waals surface area contributed by atoms with Crippen molar-refractivity contribution in [3.05, 3.63) is 35.5 Å². The molecule has 1 aromatic heterocycles. The number of amides is 2. The molecular weight excluding hydrogens is 266 g/mol. The van der Waals surface area contributed by atoms with Gasteiger partial charge < -0.3 is 15.2 Å². The highest BCUT2D eigenvalue weighted by Gasteiger charge is 2.27. The van der Waals surface area contributed by atoms with E-state index in [-0.39, 0.29) is 11.8 Å². The number of carbonyl (C=O) groups is 2. The third-order valence-corrected chi connectivity index (χ3v) is 3.98. The highest BCUT2D eigenvalue weighted by Crippen LogP contribution is 2.27. The molecule has 1 atom stereocenters. The van der Waals surface area contributed by atoms with Gasteiger partial charge >= 0.3 is 0 Å². The second-order valence-electron chi connectivity index (χ2n) is 5.56. The first-order valence-corrected chi connectivity index (χ1v) is 7.20. The quantitative estimate of drug-likeness (QED) is 0.880. The molecule has 0 saturated carbocycles. The number of hydrogen-bond donors (Lipinski definition) is 2. The van der Waals surface area contributed by atoms with Gasteiger partial charge in [0.15, 0.2) is 0 Å². The van der Waals surface area contributed by atoms with E-state index >= 15 is 0 Å². The Kier molecular flexibility index (Phi) is 3.41. The van der Waals surface area contributed by atoms with Crippen LogP contribution in [0.15, 0.2) is 24.3 Å². The zero-order valence-electron chi connectivity index (χ0n) is 12.3. The van der Waals surface area contributed by atoms with Gasteiger partial charge in [0.05, 0.1) is 0 Å². The van der Waals surface area contributed by atoms with E-state index in [1.54, 1.807) is 6.92 Å². The van der Waals surface area contributed by atoms with Crippen molar-refractivity contribution in [1.82, 2.24) is 15.2 Å². The first-order valence-electron chi connectivity index (χ1n) is 7.20. The van der Waals surface area contributed by atoms with Crippen molar-refractivity contribution in [1.29, 1.82) is 0 Å². The minimum atomic E-state index is -0.478. The highest BCUT2D eigenvalue weighted by atomic mass is 16.2. The Bertz CT molecular complexity index is 705. The van der Waals surface area contributed by atoms with Gasteiger partial charge in [-0.1, -0.05) is 18.2 Å². The molecule has 0 spiro atoms. The van der Waals surface area contributed by atoms with Crippen molar-refractivity contribution in [2.24, 2.45) is 0 Å². The number of aromatic amines is 1. The number of benzene rings is 1. The Morgan fingerprint density at radius 1 is 1.33 bits per heavy atom. The van der Waals surface area contributed by atoms with Gasteiger partial charge in [0, 0.05) is 48.6 Å². The van der Waals surface area contributed by atoms with E-state index in [0.29, 0.717) is 13.1 Å². The number of para-hydroxylation sites is 1. The fourth-order valence-corrected chi connectivity index (χ4v) is 3.00. The highest BCUT2D eigenvalue weighted by molar-refractivity contribution is 5.88. The molecule has 21 heavy (non-hydrogen) atoms. The molecule has 2 N–H and O–H groups in total. The standard InChI is InChI=1S/C16H19N3O2/c1-10(17-11(2)20)16(21)19-8-7-15-13(9-19)12-5-3-4-6-14(12)18-15/h3-6,10,18H,7-9H2,1-2H3,(H,17,20). The number of carbonyl (C=O) groups excluding carboxylic acids is 2. The van der Waals surface area contributed by atoms with Gasteiger partial charge in [-0.25, -0.2) is 0 Å². The Hall–Kier alpha value is -2.30. The first-order chi connectivity index (χ1) is 10.1. The molecule has 0 fully saturated rings. The summed E-state index contributed by atoms with van der Waals surface area (Å²) in [5.74, 6) is -0.207. The lowest BCUT2D eigenvalue weighted by atomic mass is 10.0. The molecule has 0 radical (unpaired) electrons. The van der Waals surface area contributed by atoms with Crippen LogP contribution in [0.3, 0.4) is 0 Å². The molecular formula is C16H19N3O2. The normalized spacial score (nSPS) is 15.6. The Morgan fingerprint density at radius 2 is 2.10 bits per heavy atom. The molecule has 3 rings (SSSR count). The van der Waals surface area contributed by atoms with Crippen LogP contribution >= 0.6 is 0 Å². The maximum atomic E-state index is 12.4. The molecule has 0 bridgehead atoms. The topological polar surface area (TPSA) is 65.2 Å². The van der Waals surface area contributed by atoms with E-state index < -0.39 is 6.04 Å². The summed E-state index contributed by atoms with van der Waals surface area (Å²) in [7, 11) is 0. The summed E-state index contributed by atoms with van der Waals surface area (Å²) in [5.41, 5.74) is 3.53. The fraction of sp³-hybridized carbons (Fsp3) is 0.375. The second-order valence-corrected chi connectivity index (χ2v) is 5.56. The van der Waals surface area contributed by atoms with Crippen molar-refractivity contribution in [3.63, 3.8) is 0 Å². The molecule has 2 aromatic rings. The van der Waals surface area contributed by atoms with Crippen LogP contribution in [0.2, 0.25) is 0 Å². The van der Waals surface area contributed by atoms with Crippen LogP contribution in [0.5, 0.6) is 0 Å². The van der Waals surface area contributed by atoms with Crippen LogP contribution in [0.25, 0.3) is 10.9 Å². The maximum absolute atomic E-state index is 12.4. The summed E-state index contributed by atoms with van der Waals surface area (Å²) >= 11 is 0. The zero-order chi connectivity index (χ0) is 15.0. The van der Waals surface area contributed by atoms with Crippen LogP contribution in [-0.4, -0.2) is 34.3 Å². The lowest BCUT2D eigenvalue weighted by Crippen LogP contribution is -2.47. The number of fused-ring (bicyclic) bond motifs is 3. The summed E-state index contributed by atoms with van der Waals surface area (Å²) in [6.45, 7) is 4.44. The van der Waals surface area contributed by atoms with Crippen LogP contribution in [-0.2, 0) is 22.6 Å². The number of nitrogens with one attached hydrogen (secondary N) is 2. The SMILES string of the molecule is CC(=O)NC(C)C(=O)N1CCc2[nH]c3ccccc3c2C1. The number of aromatic nitrogens is 1. The Labute approximate surface area is 123 Å². The molecule has 110 valence electrons. The van der Waals surface area contributed by atoms with Gasteiger partial charge in [-0.3, -0.25) is 9.59 Å². The minimum Gasteiger partial charge on any atom is -0.358 e. The van der Waals surface area contributed by atoms with E-state index in [4.69, 9.17) is 0 Å². The predicted octanol–water partition coefficient (Wildman–Crippen LogP) is 1.58. The van der Waals surface area contributed by atoms with Gasteiger partial charge in [-0.05, 0) is 13.0 Å². The summed E-state index contributed by atoms with van der Waals surface area (Å²) in [5, 5.41) is 3.83. The first kappa shape index (κ1) is 13.7. The lowest BCUT2D eigenvalue weighted by Gasteiger charge is -2.29. The molecule has 1 aromatic carbocycles. The number of nitrogens with zero attached hydrogens (tertiary/aromatic N) is 1. The van der Waals surface area contributed by atoms with Crippen molar-refractivity contribution in [2.75, 3.05) is 6.54 Å². The Morgan fingerprint density at radius 3 is 2.86 bits per heavy atom. The average Bonchev–Trinajstić information content (AvgIpc) is 2.83. The summed E-state index contributed by atoms with van der Waals surface area (Å²) in [4.78, 5) is 28.7. The van der Waals surface area contributed by atoms with E-state index in [1.807, 2.05) is 17.0 Å². The molecule has 1 aliphatic rings. The summed E-state index contributed by atoms with van der Waals surface area (Å²) < 4.78 is 0. The molecule has 2 heterocycles. The number of rotatable bonds is 2. The molecule has 5 heteroatoms. The van der Waals surface area contributed by atoms with Gasteiger partial charge in [-0.2, -0.15) is 0 Å². The van der Waals surface area contributed by atoms with Crippen LogP contribution in [0.1, 0.15) is 25.1 Å². The molecule has 0 saturated heterocycles. The molecule has 5 nitrogen and oxygen atoms in total. The zero-order valence-corrected chi connectivity index (χ0v) is 12.3. The average molecular weight is 285 g/mol. The molecule has 0 aliphatic carbocycles. The van der Waals surface area contributed by atoms with Crippen LogP contribution in [0.4, 0.5) is 0 Å². The van der Waals surface area contributed by atoms with Gasteiger partial charge in [0.25, 0.3) is 0 Å².